The van der Waals surface area contributed by atoms with Crippen LogP contribution in [0.4, 0.5) is 11.4 Å². The molecule has 1 atom stereocenters. The fraction of sp³-hybridized carbons (Fsp3) is 0.500. The van der Waals surface area contributed by atoms with E-state index in [2.05, 4.69) is 4.90 Å². The van der Waals surface area contributed by atoms with Crippen LogP contribution in [0.2, 0.25) is 0 Å². The molecule has 104 valence electrons. The molecule has 19 heavy (non-hydrogen) atoms. The Morgan fingerprint density at radius 1 is 1.58 bits per heavy atom. The second-order valence-electron chi connectivity index (χ2n) is 4.74. The van der Waals surface area contributed by atoms with Crippen LogP contribution in [0.15, 0.2) is 18.2 Å². The number of rotatable bonds is 4. The van der Waals surface area contributed by atoms with Crippen LogP contribution in [0.1, 0.15) is 30.1 Å². The van der Waals surface area contributed by atoms with Gasteiger partial charge in [0.1, 0.15) is 0 Å². The van der Waals surface area contributed by atoms with Crippen LogP contribution in [0.3, 0.4) is 0 Å². The highest BCUT2D eigenvalue weighted by Crippen LogP contribution is 2.28. The summed E-state index contributed by atoms with van der Waals surface area (Å²) in [7, 11) is 0. The van der Waals surface area contributed by atoms with E-state index in [1.807, 2.05) is 6.92 Å². The van der Waals surface area contributed by atoms with E-state index in [1.54, 1.807) is 12.1 Å². The molecule has 0 bridgehead atoms. The Kier molecular flexibility index (Phi) is 4.27. The first-order valence-corrected chi connectivity index (χ1v) is 6.61. The first-order chi connectivity index (χ1) is 9.11. The summed E-state index contributed by atoms with van der Waals surface area (Å²) in [5.74, 6) is -0.931. The summed E-state index contributed by atoms with van der Waals surface area (Å²) >= 11 is 0. The fourth-order valence-corrected chi connectivity index (χ4v) is 2.48. The van der Waals surface area contributed by atoms with Gasteiger partial charge < -0.3 is 20.5 Å². The summed E-state index contributed by atoms with van der Waals surface area (Å²) in [5, 5.41) is 9.05. The van der Waals surface area contributed by atoms with E-state index in [9.17, 15) is 4.79 Å². The molecule has 1 saturated heterocycles. The van der Waals surface area contributed by atoms with Crippen molar-refractivity contribution >= 4 is 17.3 Å². The van der Waals surface area contributed by atoms with Crippen molar-refractivity contribution in [3.05, 3.63) is 23.8 Å². The lowest BCUT2D eigenvalue weighted by Gasteiger charge is -2.34. The number of nitrogen functional groups attached to an aromatic ring is 1. The summed E-state index contributed by atoms with van der Waals surface area (Å²) in [6.07, 6.45) is 2.27. The lowest BCUT2D eigenvalue weighted by Crippen LogP contribution is -2.40. The number of hydrogen-bond acceptors (Lipinski definition) is 4. The van der Waals surface area contributed by atoms with Gasteiger partial charge in [0.2, 0.25) is 0 Å². The van der Waals surface area contributed by atoms with E-state index in [0.29, 0.717) is 12.3 Å². The molecule has 0 saturated carbocycles. The average molecular weight is 264 g/mol. The van der Waals surface area contributed by atoms with Gasteiger partial charge in [-0.3, -0.25) is 0 Å². The first-order valence-electron chi connectivity index (χ1n) is 6.61. The lowest BCUT2D eigenvalue weighted by molar-refractivity contribution is 0.0527. The highest BCUT2D eigenvalue weighted by atomic mass is 16.5. The van der Waals surface area contributed by atoms with Crippen molar-refractivity contribution in [2.45, 2.75) is 25.9 Å². The monoisotopic (exact) mass is 264 g/mol. The molecule has 0 aromatic heterocycles. The maximum Gasteiger partial charge on any atom is 0.335 e. The zero-order valence-electron chi connectivity index (χ0n) is 11.1. The fourth-order valence-electron chi connectivity index (χ4n) is 2.48. The minimum atomic E-state index is -0.931. The lowest BCUT2D eigenvalue weighted by atomic mass is 10.1. The molecule has 1 aliphatic heterocycles. The van der Waals surface area contributed by atoms with Crippen LogP contribution in [0.5, 0.6) is 0 Å². The van der Waals surface area contributed by atoms with E-state index in [0.717, 1.165) is 31.6 Å². The van der Waals surface area contributed by atoms with Crippen LogP contribution in [-0.4, -0.2) is 36.9 Å². The van der Waals surface area contributed by atoms with Crippen molar-refractivity contribution in [1.29, 1.82) is 0 Å². The Hall–Kier alpha value is -1.75. The third-order valence-electron chi connectivity index (χ3n) is 3.40. The number of nitrogens with zero attached hydrogens (tertiary/aromatic N) is 1. The highest BCUT2D eigenvalue weighted by molar-refractivity contribution is 5.90. The number of anilines is 2. The Morgan fingerprint density at radius 2 is 2.37 bits per heavy atom. The third kappa shape index (κ3) is 3.17. The Balaban J connectivity index is 2.20. The maximum absolute atomic E-state index is 11.0. The van der Waals surface area contributed by atoms with E-state index < -0.39 is 5.97 Å². The number of nitrogens with two attached hydrogens (primary N) is 1. The second kappa shape index (κ2) is 5.93. The molecule has 1 aromatic carbocycles. The first kappa shape index (κ1) is 13.7. The Bertz CT molecular complexity index is 460. The third-order valence-corrected chi connectivity index (χ3v) is 3.40. The van der Waals surface area contributed by atoms with Crippen LogP contribution in [0.25, 0.3) is 0 Å². The minimum absolute atomic E-state index is 0.201. The zero-order chi connectivity index (χ0) is 13.8. The van der Waals surface area contributed by atoms with Gasteiger partial charge in [0.15, 0.2) is 0 Å². The number of ether oxygens (including phenoxy) is 1. The molecule has 1 heterocycles. The highest BCUT2D eigenvalue weighted by Gasteiger charge is 2.22. The van der Waals surface area contributed by atoms with E-state index in [4.69, 9.17) is 15.6 Å². The van der Waals surface area contributed by atoms with Gasteiger partial charge in [-0.15, -0.1) is 0 Å². The SMILES string of the molecule is CCOC1CCCN(c2cc(C(=O)O)ccc2N)C1. The number of carboxylic acids is 1. The van der Waals surface area contributed by atoms with Crippen LogP contribution in [0, 0.1) is 0 Å². The molecule has 0 spiro atoms. The quantitative estimate of drug-likeness (QED) is 0.813. The predicted octanol–water partition coefficient (Wildman–Crippen LogP) is 1.97. The minimum Gasteiger partial charge on any atom is -0.478 e. The molecule has 3 N–H and O–H groups in total. The largest absolute Gasteiger partial charge is 0.478 e. The van der Waals surface area contributed by atoms with Gasteiger partial charge in [-0.1, -0.05) is 0 Å². The van der Waals surface area contributed by atoms with Crippen molar-refractivity contribution in [3.8, 4) is 0 Å². The summed E-state index contributed by atoms with van der Waals surface area (Å²) in [4.78, 5) is 13.1. The Morgan fingerprint density at radius 3 is 3.05 bits per heavy atom. The number of carbonyl (C=O) groups is 1. The second-order valence-corrected chi connectivity index (χ2v) is 4.74. The topological polar surface area (TPSA) is 75.8 Å². The standard InChI is InChI=1S/C14H20N2O3/c1-2-19-11-4-3-7-16(9-11)13-8-10(14(17)18)5-6-12(13)15/h5-6,8,11H,2-4,7,9,15H2,1H3,(H,17,18). The number of benzene rings is 1. The van der Waals surface area contributed by atoms with Crippen LogP contribution < -0.4 is 10.6 Å². The van der Waals surface area contributed by atoms with E-state index >= 15 is 0 Å². The van der Waals surface area contributed by atoms with Crippen molar-refractivity contribution in [2.24, 2.45) is 0 Å². The number of carboxylic acid groups (broad SMARTS) is 1. The predicted molar refractivity (Wildman–Crippen MR) is 74.7 cm³/mol. The summed E-state index contributed by atoms with van der Waals surface area (Å²) in [6.45, 7) is 4.33. The number of aromatic carboxylic acids is 1. The van der Waals surface area contributed by atoms with Crippen molar-refractivity contribution in [2.75, 3.05) is 30.3 Å². The molecule has 1 aliphatic rings. The molecule has 1 aromatic rings. The van der Waals surface area contributed by atoms with Crippen molar-refractivity contribution < 1.29 is 14.6 Å². The zero-order valence-corrected chi connectivity index (χ0v) is 11.1. The average Bonchev–Trinajstić information content (AvgIpc) is 2.39. The molecule has 0 amide bonds. The van der Waals surface area contributed by atoms with Gasteiger partial charge in [0.05, 0.1) is 23.0 Å². The van der Waals surface area contributed by atoms with Crippen molar-refractivity contribution in [1.82, 2.24) is 0 Å². The summed E-state index contributed by atoms with van der Waals surface area (Å²) in [6, 6.07) is 4.83. The molecule has 5 nitrogen and oxygen atoms in total. The normalized spacial score (nSPS) is 19.4. The van der Waals surface area contributed by atoms with Gasteiger partial charge in [0.25, 0.3) is 0 Å². The van der Waals surface area contributed by atoms with Gasteiger partial charge in [-0.05, 0) is 38.0 Å². The molecule has 0 radical (unpaired) electrons. The van der Waals surface area contributed by atoms with Gasteiger partial charge in [-0.2, -0.15) is 0 Å². The molecular formula is C14H20N2O3. The van der Waals surface area contributed by atoms with Crippen molar-refractivity contribution in [3.63, 3.8) is 0 Å². The molecule has 1 unspecified atom stereocenters. The van der Waals surface area contributed by atoms with Crippen LogP contribution >= 0.6 is 0 Å². The summed E-state index contributed by atoms with van der Waals surface area (Å²) in [5.41, 5.74) is 7.64. The Labute approximate surface area is 113 Å². The van der Waals surface area contributed by atoms with E-state index in [1.165, 1.54) is 6.07 Å². The van der Waals surface area contributed by atoms with Gasteiger partial charge in [-0.25, -0.2) is 4.79 Å². The molecule has 5 heteroatoms. The molecule has 2 rings (SSSR count). The smallest absolute Gasteiger partial charge is 0.335 e. The molecular weight excluding hydrogens is 244 g/mol. The molecule has 1 fully saturated rings. The molecule has 0 aliphatic carbocycles. The van der Waals surface area contributed by atoms with E-state index in [-0.39, 0.29) is 11.7 Å². The maximum atomic E-state index is 11.0. The van der Waals surface area contributed by atoms with Gasteiger partial charge in [0, 0.05) is 19.7 Å². The number of hydrogen-bond donors (Lipinski definition) is 2. The van der Waals surface area contributed by atoms with Crippen LogP contribution in [-0.2, 0) is 4.74 Å². The van der Waals surface area contributed by atoms with Gasteiger partial charge >= 0.3 is 5.97 Å². The number of piperidine rings is 1. The summed E-state index contributed by atoms with van der Waals surface area (Å²) < 4.78 is 5.65.